The Morgan fingerprint density at radius 2 is 1.95 bits per heavy atom. The molecule has 1 aromatic rings. The smallest absolute Gasteiger partial charge is 0.161 e. The lowest BCUT2D eigenvalue weighted by Gasteiger charge is -2.19. The molecule has 0 spiro atoms. The molecule has 1 fully saturated rings. The lowest BCUT2D eigenvalue weighted by molar-refractivity contribution is -0.00000559. The fraction of sp³-hybridized carbons (Fsp3) is 0.571. The molecule has 2 aliphatic heterocycles. The van der Waals surface area contributed by atoms with E-state index in [0.717, 1.165) is 31.2 Å². The van der Waals surface area contributed by atoms with Crippen molar-refractivity contribution < 1.29 is 26.6 Å². The summed E-state index contributed by atoms with van der Waals surface area (Å²) in [5.74, 6) is 1.71. The number of fused-ring (bicyclic) bond motifs is 1. The minimum absolute atomic E-state index is 0. The highest BCUT2D eigenvalue weighted by molar-refractivity contribution is 5.43. The standard InChI is InChI=1S/C14H19NO3.ClH/c1-2-12(16-5-1)10-15-9-11-3-4-13-14(8-11)18-7-6-17-13;/h3-4,8,12,15H,1-2,5-7,9-10H2;1H/p-1. The average molecular weight is 285 g/mol. The second-order valence-corrected chi connectivity index (χ2v) is 4.74. The lowest BCUT2D eigenvalue weighted by atomic mass is 10.2. The van der Waals surface area contributed by atoms with Gasteiger partial charge in [0.05, 0.1) is 6.10 Å². The van der Waals surface area contributed by atoms with E-state index in [2.05, 4.69) is 17.4 Å². The molecule has 5 heteroatoms. The van der Waals surface area contributed by atoms with E-state index in [-0.39, 0.29) is 12.4 Å². The molecule has 0 bridgehead atoms. The van der Waals surface area contributed by atoms with Crippen LogP contribution in [-0.2, 0) is 11.3 Å². The van der Waals surface area contributed by atoms with Crippen molar-refractivity contribution in [3.63, 3.8) is 0 Å². The van der Waals surface area contributed by atoms with Gasteiger partial charge in [0.1, 0.15) is 13.2 Å². The molecule has 2 aliphatic rings. The maximum absolute atomic E-state index is 5.57. The minimum Gasteiger partial charge on any atom is -1.00 e. The van der Waals surface area contributed by atoms with Gasteiger partial charge < -0.3 is 31.9 Å². The van der Waals surface area contributed by atoms with Gasteiger partial charge in [-0.2, -0.15) is 0 Å². The largest absolute Gasteiger partial charge is 1.00 e. The van der Waals surface area contributed by atoms with Crippen LogP contribution in [0.2, 0.25) is 0 Å². The highest BCUT2D eigenvalue weighted by atomic mass is 35.5. The number of hydrogen-bond acceptors (Lipinski definition) is 4. The summed E-state index contributed by atoms with van der Waals surface area (Å²) in [6, 6.07) is 6.12. The highest BCUT2D eigenvalue weighted by Crippen LogP contribution is 2.30. The molecule has 1 N–H and O–H groups in total. The van der Waals surface area contributed by atoms with E-state index in [9.17, 15) is 0 Å². The summed E-state index contributed by atoms with van der Waals surface area (Å²) in [4.78, 5) is 0. The summed E-state index contributed by atoms with van der Waals surface area (Å²) in [7, 11) is 0. The number of nitrogens with one attached hydrogen (secondary N) is 1. The topological polar surface area (TPSA) is 39.7 Å². The summed E-state index contributed by atoms with van der Waals surface area (Å²) >= 11 is 0. The van der Waals surface area contributed by atoms with Gasteiger partial charge >= 0.3 is 0 Å². The molecule has 1 saturated heterocycles. The van der Waals surface area contributed by atoms with Crippen molar-refractivity contribution in [3.05, 3.63) is 23.8 Å². The quantitative estimate of drug-likeness (QED) is 0.749. The van der Waals surface area contributed by atoms with E-state index >= 15 is 0 Å². The van der Waals surface area contributed by atoms with E-state index in [1.807, 2.05) is 6.07 Å². The summed E-state index contributed by atoms with van der Waals surface area (Å²) < 4.78 is 16.6. The first-order chi connectivity index (χ1) is 8.92. The number of halogens is 1. The Hall–Kier alpha value is -0.970. The van der Waals surface area contributed by atoms with Crippen LogP contribution in [0.1, 0.15) is 18.4 Å². The molecular formula is C14H19ClNO3-. The Labute approximate surface area is 119 Å². The Balaban J connectivity index is 0.00000133. The Morgan fingerprint density at radius 3 is 2.74 bits per heavy atom. The van der Waals surface area contributed by atoms with Crippen molar-refractivity contribution in [2.75, 3.05) is 26.4 Å². The molecule has 1 aromatic carbocycles. The zero-order chi connectivity index (χ0) is 12.2. The predicted octanol–water partition coefficient (Wildman–Crippen LogP) is -1.27. The summed E-state index contributed by atoms with van der Waals surface area (Å²) in [6.45, 7) is 3.96. The molecule has 0 saturated carbocycles. The van der Waals surface area contributed by atoms with Gasteiger partial charge in [-0.3, -0.25) is 0 Å². The molecule has 1 unspecified atom stereocenters. The van der Waals surface area contributed by atoms with Crippen LogP contribution in [0.25, 0.3) is 0 Å². The molecule has 1 atom stereocenters. The average Bonchev–Trinajstić information content (AvgIpc) is 2.92. The first-order valence-corrected chi connectivity index (χ1v) is 6.63. The second kappa shape index (κ2) is 6.98. The van der Waals surface area contributed by atoms with Crippen LogP contribution in [0.3, 0.4) is 0 Å². The van der Waals surface area contributed by atoms with Crippen LogP contribution >= 0.6 is 0 Å². The minimum atomic E-state index is 0. The third-order valence-electron chi connectivity index (χ3n) is 3.33. The first-order valence-electron chi connectivity index (χ1n) is 6.63. The maximum atomic E-state index is 5.57. The third kappa shape index (κ3) is 3.75. The van der Waals surface area contributed by atoms with Gasteiger partial charge in [0.2, 0.25) is 0 Å². The van der Waals surface area contributed by atoms with E-state index in [1.165, 1.54) is 18.4 Å². The van der Waals surface area contributed by atoms with Crippen LogP contribution < -0.4 is 27.2 Å². The zero-order valence-corrected chi connectivity index (χ0v) is 11.6. The number of benzene rings is 1. The first kappa shape index (κ1) is 14.4. The Kier molecular flexibility index (Phi) is 5.31. The van der Waals surface area contributed by atoms with Crippen LogP contribution in [0.4, 0.5) is 0 Å². The maximum Gasteiger partial charge on any atom is 0.161 e. The Bertz CT molecular complexity index is 408. The van der Waals surface area contributed by atoms with E-state index < -0.39 is 0 Å². The van der Waals surface area contributed by atoms with Crippen molar-refractivity contribution in [2.24, 2.45) is 0 Å². The second-order valence-electron chi connectivity index (χ2n) is 4.74. The van der Waals surface area contributed by atoms with Crippen molar-refractivity contribution in [1.82, 2.24) is 5.32 Å². The van der Waals surface area contributed by atoms with E-state index in [1.54, 1.807) is 0 Å². The van der Waals surface area contributed by atoms with Crippen molar-refractivity contribution in [1.29, 1.82) is 0 Å². The normalized spacial score (nSPS) is 20.9. The van der Waals surface area contributed by atoms with Gasteiger partial charge in [-0.1, -0.05) is 6.07 Å². The predicted molar refractivity (Wildman–Crippen MR) is 68.1 cm³/mol. The summed E-state index contributed by atoms with van der Waals surface area (Å²) in [6.07, 6.45) is 2.76. The molecule has 0 aliphatic carbocycles. The highest BCUT2D eigenvalue weighted by Gasteiger charge is 2.15. The Morgan fingerprint density at radius 1 is 1.11 bits per heavy atom. The molecule has 2 heterocycles. The van der Waals surface area contributed by atoms with Gasteiger partial charge in [0, 0.05) is 19.7 Å². The van der Waals surface area contributed by atoms with Crippen molar-refractivity contribution >= 4 is 0 Å². The number of ether oxygens (including phenoxy) is 3. The van der Waals surface area contributed by atoms with Gasteiger partial charge in [0.15, 0.2) is 11.5 Å². The summed E-state index contributed by atoms with van der Waals surface area (Å²) in [5, 5.41) is 3.43. The van der Waals surface area contributed by atoms with Crippen LogP contribution in [0.15, 0.2) is 18.2 Å². The van der Waals surface area contributed by atoms with Crippen molar-refractivity contribution in [2.45, 2.75) is 25.5 Å². The van der Waals surface area contributed by atoms with Gasteiger partial charge in [-0.05, 0) is 30.5 Å². The van der Waals surface area contributed by atoms with Crippen LogP contribution in [0.5, 0.6) is 11.5 Å². The van der Waals surface area contributed by atoms with Crippen LogP contribution in [0, 0.1) is 0 Å². The molecule has 0 radical (unpaired) electrons. The van der Waals surface area contributed by atoms with Crippen LogP contribution in [-0.4, -0.2) is 32.5 Å². The molecule has 3 rings (SSSR count). The lowest BCUT2D eigenvalue weighted by Crippen LogP contribution is -3.00. The molecule has 4 nitrogen and oxygen atoms in total. The van der Waals surface area contributed by atoms with Gasteiger partial charge in [-0.25, -0.2) is 0 Å². The fourth-order valence-electron chi connectivity index (χ4n) is 2.38. The van der Waals surface area contributed by atoms with Gasteiger partial charge in [-0.15, -0.1) is 0 Å². The molecular weight excluding hydrogens is 266 g/mol. The summed E-state index contributed by atoms with van der Waals surface area (Å²) in [5.41, 5.74) is 1.22. The zero-order valence-electron chi connectivity index (χ0n) is 10.9. The molecule has 0 amide bonds. The van der Waals surface area contributed by atoms with Gasteiger partial charge in [0.25, 0.3) is 0 Å². The van der Waals surface area contributed by atoms with E-state index in [0.29, 0.717) is 19.3 Å². The monoisotopic (exact) mass is 284 g/mol. The SMILES string of the molecule is [Cl-].c1cc2c(cc1CNCC1CCCO1)OCCO2. The molecule has 19 heavy (non-hydrogen) atoms. The van der Waals surface area contributed by atoms with Crippen molar-refractivity contribution in [3.8, 4) is 11.5 Å². The number of rotatable bonds is 4. The van der Waals surface area contributed by atoms with E-state index in [4.69, 9.17) is 14.2 Å². The fourth-order valence-corrected chi connectivity index (χ4v) is 2.38. The number of hydrogen-bond donors (Lipinski definition) is 1. The molecule has 106 valence electrons. The molecule has 0 aromatic heterocycles. The third-order valence-corrected chi connectivity index (χ3v) is 3.33.